The zero-order chi connectivity index (χ0) is 13.7. The molecular weight excluding hydrogens is 226 g/mol. The summed E-state index contributed by atoms with van der Waals surface area (Å²) >= 11 is 0. The van der Waals surface area contributed by atoms with Crippen molar-refractivity contribution < 1.29 is 0 Å². The first-order valence-corrected chi connectivity index (χ1v) is 6.49. The van der Waals surface area contributed by atoms with E-state index in [4.69, 9.17) is 0 Å². The van der Waals surface area contributed by atoms with Crippen molar-refractivity contribution in [3.05, 3.63) is 11.3 Å². The van der Waals surface area contributed by atoms with Crippen LogP contribution in [-0.2, 0) is 13.6 Å². The molecule has 0 aliphatic carbocycles. The van der Waals surface area contributed by atoms with Crippen molar-refractivity contribution in [2.75, 3.05) is 46.6 Å². The Kier molecular flexibility index (Phi) is 5.62. The number of hydrogen-bond donors (Lipinski definition) is 1. The number of rotatable bonds is 7. The third-order valence-electron chi connectivity index (χ3n) is 3.16. The van der Waals surface area contributed by atoms with Gasteiger partial charge in [-0.2, -0.15) is 5.10 Å². The van der Waals surface area contributed by atoms with E-state index in [-0.39, 0.29) is 0 Å². The van der Waals surface area contributed by atoms with Gasteiger partial charge in [0.1, 0.15) is 5.82 Å². The summed E-state index contributed by atoms with van der Waals surface area (Å²) in [5.74, 6) is 1.12. The van der Waals surface area contributed by atoms with Crippen LogP contribution in [0.5, 0.6) is 0 Å². The van der Waals surface area contributed by atoms with Crippen molar-refractivity contribution in [2.24, 2.45) is 7.05 Å². The smallest absolute Gasteiger partial charge is 0.128 e. The molecular formula is C13H27N5. The molecule has 104 valence electrons. The lowest BCUT2D eigenvalue weighted by Crippen LogP contribution is -2.24. The minimum Gasteiger partial charge on any atom is -0.373 e. The zero-order valence-corrected chi connectivity index (χ0v) is 12.6. The van der Waals surface area contributed by atoms with E-state index in [1.807, 2.05) is 18.8 Å². The van der Waals surface area contributed by atoms with Gasteiger partial charge >= 0.3 is 0 Å². The standard InChI is InChI=1S/C13H27N5/c1-11-12(13(14-2)18(6)15-11)10-17(5)9-7-8-16(3)4/h14H,7-10H2,1-6H3. The minimum absolute atomic E-state index is 0.948. The maximum absolute atomic E-state index is 4.46. The predicted molar refractivity (Wildman–Crippen MR) is 77.0 cm³/mol. The van der Waals surface area contributed by atoms with Crippen molar-refractivity contribution in [3.63, 3.8) is 0 Å². The van der Waals surface area contributed by atoms with E-state index in [0.717, 1.165) is 31.1 Å². The van der Waals surface area contributed by atoms with Crippen molar-refractivity contribution >= 4 is 5.82 Å². The second kappa shape index (κ2) is 6.75. The average Bonchev–Trinajstić information content (AvgIpc) is 2.53. The van der Waals surface area contributed by atoms with Gasteiger partial charge in [0.15, 0.2) is 0 Å². The Labute approximate surface area is 111 Å². The van der Waals surface area contributed by atoms with Gasteiger partial charge in [-0.25, -0.2) is 0 Å². The summed E-state index contributed by atoms with van der Waals surface area (Å²) in [6.07, 6.45) is 1.19. The van der Waals surface area contributed by atoms with Crippen LogP contribution in [0.1, 0.15) is 17.7 Å². The van der Waals surface area contributed by atoms with Gasteiger partial charge in [-0.1, -0.05) is 0 Å². The number of nitrogens with zero attached hydrogens (tertiary/aromatic N) is 4. The monoisotopic (exact) mass is 253 g/mol. The topological polar surface area (TPSA) is 36.3 Å². The average molecular weight is 253 g/mol. The Bertz CT molecular complexity index is 370. The van der Waals surface area contributed by atoms with Crippen LogP contribution in [-0.4, -0.2) is 60.9 Å². The molecule has 0 amide bonds. The summed E-state index contributed by atoms with van der Waals surface area (Å²) in [6, 6.07) is 0. The Hall–Kier alpha value is -1.07. The van der Waals surface area contributed by atoms with Gasteiger partial charge in [0, 0.05) is 26.2 Å². The molecule has 0 spiro atoms. The zero-order valence-electron chi connectivity index (χ0n) is 12.6. The first-order chi connectivity index (χ1) is 8.45. The quantitative estimate of drug-likeness (QED) is 0.791. The maximum Gasteiger partial charge on any atom is 0.128 e. The molecule has 0 saturated heterocycles. The van der Waals surface area contributed by atoms with Gasteiger partial charge in [0.05, 0.1) is 5.69 Å². The third-order valence-corrected chi connectivity index (χ3v) is 3.16. The van der Waals surface area contributed by atoms with Crippen LogP contribution in [0.25, 0.3) is 0 Å². The number of aromatic nitrogens is 2. The highest BCUT2D eigenvalue weighted by Gasteiger charge is 2.13. The maximum atomic E-state index is 4.46. The SMILES string of the molecule is CNc1c(CN(C)CCCN(C)C)c(C)nn1C. The van der Waals surface area contributed by atoms with Crippen LogP contribution >= 0.6 is 0 Å². The summed E-state index contributed by atoms with van der Waals surface area (Å²) in [6.45, 7) is 5.26. The van der Waals surface area contributed by atoms with Crippen LogP contribution in [0.4, 0.5) is 5.82 Å². The molecule has 0 radical (unpaired) electrons. The van der Waals surface area contributed by atoms with Crippen LogP contribution < -0.4 is 5.32 Å². The Morgan fingerprint density at radius 1 is 1.22 bits per heavy atom. The molecule has 1 N–H and O–H groups in total. The fraction of sp³-hybridized carbons (Fsp3) is 0.769. The summed E-state index contributed by atoms with van der Waals surface area (Å²) < 4.78 is 1.92. The van der Waals surface area contributed by atoms with Gasteiger partial charge in [-0.05, 0) is 47.6 Å². The predicted octanol–water partition coefficient (Wildman–Crippen LogP) is 1.15. The molecule has 0 fully saturated rings. The summed E-state index contributed by atoms with van der Waals surface area (Å²) in [7, 11) is 10.3. The van der Waals surface area contributed by atoms with Crippen LogP contribution in [0.15, 0.2) is 0 Å². The van der Waals surface area contributed by atoms with Gasteiger partial charge < -0.3 is 15.1 Å². The lowest BCUT2D eigenvalue weighted by molar-refractivity contribution is 0.294. The minimum atomic E-state index is 0.948. The number of nitrogens with one attached hydrogen (secondary N) is 1. The molecule has 1 aromatic heterocycles. The van der Waals surface area contributed by atoms with E-state index in [2.05, 4.69) is 48.3 Å². The van der Waals surface area contributed by atoms with Gasteiger partial charge in [-0.15, -0.1) is 0 Å². The number of aryl methyl sites for hydroxylation is 2. The molecule has 1 aromatic rings. The summed E-state index contributed by atoms with van der Waals surface area (Å²) in [5.41, 5.74) is 2.41. The summed E-state index contributed by atoms with van der Waals surface area (Å²) in [4.78, 5) is 4.58. The second-order valence-corrected chi connectivity index (χ2v) is 5.18. The Morgan fingerprint density at radius 3 is 2.44 bits per heavy atom. The first-order valence-electron chi connectivity index (χ1n) is 6.49. The molecule has 0 aliphatic rings. The molecule has 5 heteroatoms. The lowest BCUT2D eigenvalue weighted by atomic mass is 10.2. The fourth-order valence-electron chi connectivity index (χ4n) is 2.21. The molecule has 1 heterocycles. The van der Waals surface area contributed by atoms with E-state index < -0.39 is 0 Å². The highest BCUT2D eigenvalue weighted by molar-refractivity contribution is 5.46. The molecule has 0 bridgehead atoms. The first kappa shape index (κ1) is 15.0. The third kappa shape index (κ3) is 3.99. The lowest BCUT2D eigenvalue weighted by Gasteiger charge is -2.18. The van der Waals surface area contributed by atoms with Gasteiger partial charge in [0.25, 0.3) is 0 Å². The molecule has 1 rings (SSSR count). The Morgan fingerprint density at radius 2 is 1.89 bits per heavy atom. The molecule has 18 heavy (non-hydrogen) atoms. The van der Waals surface area contributed by atoms with E-state index in [1.54, 1.807) is 0 Å². The molecule has 0 atom stereocenters. The van der Waals surface area contributed by atoms with Crippen LogP contribution in [0.2, 0.25) is 0 Å². The van der Waals surface area contributed by atoms with Crippen molar-refractivity contribution in [1.29, 1.82) is 0 Å². The van der Waals surface area contributed by atoms with Crippen molar-refractivity contribution in [3.8, 4) is 0 Å². The molecule has 0 aliphatic heterocycles. The molecule has 0 aromatic carbocycles. The van der Waals surface area contributed by atoms with Crippen LogP contribution in [0, 0.1) is 6.92 Å². The largest absolute Gasteiger partial charge is 0.373 e. The van der Waals surface area contributed by atoms with Crippen molar-refractivity contribution in [2.45, 2.75) is 19.9 Å². The highest BCUT2D eigenvalue weighted by Crippen LogP contribution is 2.19. The Balaban J connectivity index is 2.56. The van der Waals surface area contributed by atoms with Crippen LogP contribution in [0.3, 0.4) is 0 Å². The normalized spacial score (nSPS) is 11.6. The van der Waals surface area contributed by atoms with Crippen molar-refractivity contribution in [1.82, 2.24) is 19.6 Å². The van der Waals surface area contributed by atoms with E-state index in [1.165, 1.54) is 12.0 Å². The highest BCUT2D eigenvalue weighted by atomic mass is 15.3. The van der Waals surface area contributed by atoms with E-state index in [0.29, 0.717) is 0 Å². The van der Waals surface area contributed by atoms with Gasteiger partial charge in [-0.3, -0.25) is 4.68 Å². The molecule has 0 unspecified atom stereocenters. The van der Waals surface area contributed by atoms with E-state index in [9.17, 15) is 0 Å². The molecule has 0 saturated carbocycles. The van der Waals surface area contributed by atoms with Gasteiger partial charge in [0.2, 0.25) is 0 Å². The number of anilines is 1. The molecule has 5 nitrogen and oxygen atoms in total. The number of hydrogen-bond acceptors (Lipinski definition) is 4. The second-order valence-electron chi connectivity index (χ2n) is 5.18. The summed E-state index contributed by atoms with van der Waals surface area (Å²) in [5, 5.41) is 7.69. The van der Waals surface area contributed by atoms with E-state index >= 15 is 0 Å². The fourth-order valence-corrected chi connectivity index (χ4v) is 2.21.